The average Bonchev–Trinajstić information content (AvgIpc) is 2.33. The molecule has 7 heteroatoms. The van der Waals surface area contributed by atoms with E-state index >= 15 is 0 Å². The summed E-state index contributed by atoms with van der Waals surface area (Å²) in [6.45, 7) is 0. The molecule has 0 aliphatic heterocycles. The first kappa shape index (κ1) is 14.5. The third-order valence-electron chi connectivity index (χ3n) is 2.49. The van der Waals surface area contributed by atoms with E-state index in [1.54, 1.807) is 0 Å². The predicted molar refractivity (Wildman–Crippen MR) is 67.9 cm³/mol. The summed E-state index contributed by atoms with van der Waals surface area (Å²) in [5.74, 6) is -1.24. The quantitative estimate of drug-likeness (QED) is 0.648. The van der Waals surface area contributed by atoms with Crippen LogP contribution in [0, 0.1) is 5.82 Å². The van der Waals surface area contributed by atoms with Crippen molar-refractivity contribution in [3.05, 3.63) is 47.2 Å². The number of rotatable bonds is 2. The van der Waals surface area contributed by atoms with Gasteiger partial charge in [-0.2, -0.15) is 0 Å². The van der Waals surface area contributed by atoms with Crippen molar-refractivity contribution in [2.75, 3.05) is 5.73 Å². The van der Waals surface area contributed by atoms with Gasteiger partial charge in [0.25, 0.3) is 0 Å². The number of nitrogen functional groups attached to an aromatic ring is 1. The zero-order valence-corrected chi connectivity index (χ0v) is 10.6. The van der Waals surface area contributed by atoms with Gasteiger partial charge < -0.3 is 10.5 Å². The molecule has 0 bridgehead atoms. The number of halogens is 5. The van der Waals surface area contributed by atoms with Crippen LogP contribution in [0.3, 0.4) is 0 Å². The molecule has 0 amide bonds. The van der Waals surface area contributed by atoms with E-state index in [0.29, 0.717) is 0 Å². The molecular weight excluding hydrogens is 298 g/mol. The molecule has 20 heavy (non-hydrogen) atoms. The van der Waals surface area contributed by atoms with E-state index in [1.165, 1.54) is 18.2 Å². The van der Waals surface area contributed by atoms with Crippen molar-refractivity contribution in [1.29, 1.82) is 0 Å². The highest BCUT2D eigenvalue weighted by Gasteiger charge is 2.32. The Hall–Kier alpha value is -1.95. The molecule has 106 valence electrons. The fourth-order valence-electron chi connectivity index (χ4n) is 1.67. The summed E-state index contributed by atoms with van der Waals surface area (Å²) in [5, 5.41) is 0.0297. The standard InChI is InChI=1S/C13H8ClF4NO/c14-9-6-11(19)10(15)5-8(9)7-3-1-2-4-12(7)20-13(16,17)18/h1-6H,19H2. The molecule has 0 aliphatic carbocycles. The van der Waals surface area contributed by atoms with Gasteiger partial charge in [0.05, 0.1) is 10.7 Å². The molecule has 2 N–H and O–H groups in total. The van der Waals surface area contributed by atoms with Gasteiger partial charge in [0, 0.05) is 11.1 Å². The van der Waals surface area contributed by atoms with Crippen LogP contribution in [0.4, 0.5) is 23.2 Å². The van der Waals surface area contributed by atoms with Crippen LogP contribution in [0.15, 0.2) is 36.4 Å². The molecule has 0 fully saturated rings. The van der Waals surface area contributed by atoms with Crippen molar-refractivity contribution in [3.63, 3.8) is 0 Å². The molecule has 0 atom stereocenters. The Morgan fingerprint density at radius 3 is 2.35 bits per heavy atom. The first-order valence-electron chi connectivity index (χ1n) is 5.37. The highest BCUT2D eigenvalue weighted by molar-refractivity contribution is 6.33. The third-order valence-corrected chi connectivity index (χ3v) is 2.80. The normalized spacial score (nSPS) is 11.4. The Kier molecular flexibility index (Phi) is 3.76. The smallest absolute Gasteiger partial charge is 0.405 e. The molecule has 0 spiro atoms. The first-order valence-corrected chi connectivity index (χ1v) is 5.75. The molecule has 0 radical (unpaired) electrons. The van der Waals surface area contributed by atoms with Gasteiger partial charge in [0.15, 0.2) is 0 Å². The summed E-state index contributed by atoms with van der Waals surface area (Å²) in [5.41, 5.74) is 5.24. The van der Waals surface area contributed by atoms with Crippen molar-refractivity contribution < 1.29 is 22.3 Å². The minimum absolute atomic E-state index is 0.0220. The lowest BCUT2D eigenvalue weighted by Crippen LogP contribution is -2.17. The van der Waals surface area contributed by atoms with Crippen molar-refractivity contribution in [3.8, 4) is 16.9 Å². The number of hydrogen-bond donors (Lipinski definition) is 1. The van der Waals surface area contributed by atoms with Crippen LogP contribution >= 0.6 is 11.6 Å². The molecule has 2 nitrogen and oxygen atoms in total. The lowest BCUT2D eigenvalue weighted by Gasteiger charge is -2.14. The molecule has 2 aromatic carbocycles. The summed E-state index contributed by atoms with van der Waals surface area (Å²) >= 11 is 5.90. The SMILES string of the molecule is Nc1cc(Cl)c(-c2ccccc2OC(F)(F)F)cc1F. The van der Waals surface area contributed by atoms with Crippen LogP contribution in [0.2, 0.25) is 5.02 Å². The van der Waals surface area contributed by atoms with Crippen LogP contribution in [0.1, 0.15) is 0 Å². The van der Waals surface area contributed by atoms with Gasteiger partial charge >= 0.3 is 6.36 Å². The molecule has 0 saturated heterocycles. The maximum atomic E-state index is 13.5. The van der Waals surface area contributed by atoms with Crippen LogP contribution in [-0.2, 0) is 0 Å². The van der Waals surface area contributed by atoms with Gasteiger partial charge in [-0.1, -0.05) is 29.8 Å². The minimum Gasteiger partial charge on any atom is -0.405 e. The Labute approximate surface area is 116 Å². The van der Waals surface area contributed by atoms with E-state index in [-0.39, 0.29) is 21.8 Å². The van der Waals surface area contributed by atoms with Crippen LogP contribution < -0.4 is 10.5 Å². The van der Waals surface area contributed by atoms with E-state index in [4.69, 9.17) is 17.3 Å². The maximum absolute atomic E-state index is 13.5. The van der Waals surface area contributed by atoms with Gasteiger partial charge in [-0.3, -0.25) is 0 Å². The molecular formula is C13H8ClF4NO. The Morgan fingerprint density at radius 1 is 1.05 bits per heavy atom. The Morgan fingerprint density at radius 2 is 1.70 bits per heavy atom. The summed E-state index contributed by atoms with van der Waals surface area (Å²) in [6, 6.07) is 7.42. The molecule has 0 heterocycles. The zero-order valence-electron chi connectivity index (χ0n) is 9.84. The second kappa shape index (κ2) is 5.20. The molecule has 0 unspecified atom stereocenters. The summed E-state index contributed by atoms with van der Waals surface area (Å²) in [6.07, 6.45) is -4.85. The third kappa shape index (κ3) is 3.14. The predicted octanol–water partition coefficient (Wildman–Crippen LogP) is 4.63. The van der Waals surface area contributed by atoms with Gasteiger partial charge in [-0.15, -0.1) is 13.2 Å². The van der Waals surface area contributed by atoms with E-state index in [9.17, 15) is 17.6 Å². The largest absolute Gasteiger partial charge is 0.573 e. The number of nitrogens with two attached hydrogens (primary N) is 1. The lowest BCUT2D eigenvalue weighted by atomic mass is 10.0. The number of hydrogen-bond acceptors (Lipinski definition) is 2. The van der Waals surface area contributed by atoms with E-state index in [0.717, 1.165) is 18.2 Å². The lowest BCUT2D eigenvalue weighted by molar-refractivity contribution is -0.274. The van der Waals surface area contributed by atoms with E-state index in [2.05, 4.69) is 4.74 Å². The Balaban J connectivity index is 2.56. The second-order valence-electron chi connectivity index (χ2n) is 3.90. The topological polar surface area (TPSA) is 35.2 Å². The molecule has 0 saturated carbocycles. The van der Waals surface area contributed by atoms with Crippen LogP contribution in [0.25, 0.3) is 11.1 Å². The van der Waals surface area contributed by atoms with Gasteiger partial charge in [-0.25, -0.2) is 4.39 Å². The second-order valence-corrected chi connectivity index (χ2v) is 4.30. The molecule has 2 aromatic rings. The number of anilines is 1. The fraction of sp³-hybridized carbons (Fsp3) is 0.0769. The number of ether oxygens (including phenoxy) is 1. The van der Waals surface area contributed by atoms with E-state index in [1.807, 2.05) is 0 Å². The maximum Gasteiger partial charge on any atom is 0.573 e. The van der Waals surface area contributed by atoms with Crippen LogP contribution in [-0.4, -0.2) is 6.36 Å². The Bertz CT molecular complexity index is 643. The average molecular weight is 306 g/mol. The molecule has 0 aliphatic rings. The number of benzene rings is 2. The summed E-state index contributed by atoms with van der Waals surface area (Å²) in [7, 11) is 0. The molecule has 2 rings (SSSR count). The van der Waals surface area contributed by atoms with Crippen molar-refractivity contribution in [2.24, 2.45) is 0 Å². The van der Waals surface area contributed by atoms with Crippen LogP contribution in [0.5, 0.6) is 5.75 Å². The van der Waals surface area contributed by atoms with Gasteiger partial charge in [-0.05, 0) is 18.2 Å². The molecule has 0 aromatic heterocycles. The highest BCUT2D eigenvalue weighted by atomic mass is 35.5. The minimum atomic E-state index is -4.85. The summed E-state index contributed by atoms with van der Waals surface area (Å²) < 4.78 is 54.4. The fourth-order valence-corrected chi connectivity index (χ4v) is 1.95. The number of alkyl halides is 3. The van der Waals surface area contributed by atoms with E-state index < -0.39 is 17.9 Å². The van der Waals surface area contributed by atoms with Crippen molar-refractivity contribution in [2.45, 2.75) is 6.36 Å². The first-order chi connectivity index (χ1) is 9.28. The number of para-hydroxylation sites is 1. The van der Waals surface area contributed by atoms with Gasteiger partial charge in [0.1, 0.15) is 11.6 Å². The highest BCUT2D eigenvalue weighted by Crippen LogP contribution is 2.38. The van der Waals surface area contributed by atoms with Gasteiger partial charge in [0.2, 0.25) is 0 Å². The summed E-state index contributed by atoms with van der Waals surface area (Å²) in [4.78, 5) is 0. The monoisotopic (exact) mass is 305 g/mol. The zero-order chi connectivity index (χ0) is 14.9. The van der Waals surface area contributed by atoms with Crippen molar-refractivity contribution in [1.82, 2.24) is 0 Å². The van der Waals surface area contributed by atoms with Crippen molar-refractivity contribution >= 4 is 17.3 Å².